The standard InChI is InChI=1S/C16H14F2N2O3/c1-10-2-5-12(9-15(10)20(22)23)19-16(21)7-4-11-3-6-13(17)14(18)8-11/h2-3,5-6,8-9H,4,7H2,1H3,(H,19,21). The number of amides is 1. The molecule has 0 aromatic heterocycles. The van der Waals surface area contributed by atoms with E-state index in [0.29, 0.717) is 16.8 Å². The molecule has 7 heteroatoms. The van der Waals surface area contributed by atoms with Crippen molar-refractivity contribution in [3.8, 4) is 0 Å². The van der Waals surface area contributed by atoms with E-state index < -0.39 is 16.6 Å². The minimum absolute atomic E-state index is 0.0484. The topological polar surface area (TPSA) is 72.2 Å². The van der Waals surface area contributed by atoms with Gasteiger partial charge in [0.1, 0.15) is 0 Å². The van der Waals surface area contributed by atoms with Crippen LogP contribution in [0.25, 0.3) is 0 Å². The summed E-state index contributed by atoms with van der Waals surface area (Å²) in [5, 5.41) is 13.4. The highest BCUT2D eigenvalue weighted by Gasteiger charge is 2.12. The summed E-state index contributed by atoms with van der Waals surface area (Å²) in [5.41, 5.74) is 1.23. The number of carbonyl (C=O) groups is 1. The van der Waals surface area contributed by atoms with Gasteiger partial charge in [-0.25, -0.2) is 8.78 Å². The van der Waals surface area contributed by atoms with Crippen molar-refractivity contribution in [2.24, 2.45) is 0 Å². The van der Waals surface area contributed by atoms with Crippen LogP contribution >= 0.6 is 0 Å². The van der Waals surface area contributed by atoms with Gasteiger partial charge in [0.15, 0.2) is 11.6 Å². The van der Waals surface area contributed by atoms with Crippen molar-refractivity contribution in [2.45, 2.75) is 19.8 Å². The average Bonchev–Trinajstić information content (AvgIpc) is 2.50. The first kappa shape index (κ1) is 16.5. The fourth-order valence-electron chi connectivity index (χ4n) is 2.06. The lowest BCUT2D eigenvalue weighted by molar-refractivity contribution is -0.385. The molecule has 0 fully saturated rings. The smallest absolute Gasteiger partial charge is 0.274 e. The van der Waals surface area contributed by atoms with Gasteiger partial charge in [0.2, 0.25) is 5.91 Å². The molecule has 0 heterocycles. The summed E-state index contributed by atoms with van der Waals surface area (Å²) in [6.45, 7) is 1.60. The van der Waals surface area contributed by atoms with Gasteiger partial charge in [-0.2, -0.15) is 0 Å². The Morgan fingerprint density at radius 3 is 2.57 bits per heavy atom. The second-order valence-corrected chi connectivity index (χ2v) is 5.06. The minimum atomic E-state index is -0.961. The first-order valence-electron chi connectivity index (χ1n) is 6.85. The number of aryl methyl sites for hydroxylation is 2. The summed E-state index contributed by atoms with van der Waals surface area (Å²) < 4.78 is 25.9. The lowest BCUT2D eigenvalue weighted by Gasteiger charge is -2.06. The monoisotopic (exact) mass is 320 g/mol. The quantitative estimate of drug-likeness (QED) is 0.673. The van der Waals surface area contributed by atoms with Crippen molar-refractivity contribution in [3.63, 3.8) is 0 Å². The lowest BCUT2D eigenvalue weighted by Crippen LogP contribution is -2.12. The molecule has 5 nitrogen and oxygen atoms in total. The zero-order valence-electron chi connectivity index (χ0n) is 12.3. The van der Waals surface area contributed by atoms with Crippen molar-refractivity contribution in [2.75, 3.05) is 5.32 Å². The van der Waals surface area contributed by atoms with E-state index in [9.17, 15) is 23.7 Å². The Hall–Kier alpha value is -2.83. The Morgan fingerprint density at radius 2 is 1.91 bits per heavy atom. The van der Waals surface area contributed by atoms with Crippen molar-refractivity contribution >= 4 is 17.3 Å². The zero-order chi connectivity index (χ0) is 17.0. The maximum absolute atomic E-state index is 13.1. The molecule has 0 saturated heterocycles. The molecule has 0 aliphatic carbocycles. The maximum Gasteiger partial charge on any atom is 0.274 e. The van der Waals surface area contributed by atoms with Gasteiger partial charge < -0.3 is 5.32 Å². The van der Waals surface area contributed by atoms with E-state index in [0.717, 1.165) is 12.1 Å². The molecule has 0 radical (unpaired) electrons. The molecule has 120 valence electrons. The van der Waals surface area contributed by atoms with Crippen molar-refractivity contribution in [1.29, 1.82) is 0 Å². The molecule has 2 aromatic rings. The third kappa shape index (κ3) is 4.32. The number of hydrogen-bond donors (Lipinski definition) is 1. The molecule has 0 saturated carbocycles. The highest BCUT2D eigenvalue weighted by atomic mass is 19.2. The minimum Gasteiger partial charge on any atom is -0.326 e. The van der Waals surface area contributed by atoms with E-state index in [1.807, 2.05) is 0 Å². The van der Waals surface area contributed by atoms with Crippen LogP contribution in [0.2, 0.25) is 0 Å². The van der Waals surface area contributed by atoms with Crippen LogP contribution in [0.4, 0.5) is 20.2 Å². The van der Waals surface area contributed by atoms with E-state index in [2.05, 4.69) is 5.32 Å². The van der Waals surface area contributed by atoms with Gasteiger partial charge in [-0.15, -0.1) is 0 Å². The van der Waals surface area contributed by atoms with Crippen molar-refractivity contribution in [1.82, 2.24) is 0 Å². The summed E-state index contributed by atoms with van der Waals surface area (Å²) in [5.74, 6) is -2.27. The third-order valence-electron chi connectivity index (χ3n) is 3.31. The molecule has 23 heavy (non-hydrogen) atoms. The molecule has 1 N–H and O–H groups in total. The number of benzene rings is 2. The fraction of sp³-hybridized carbons (Fsp3) is 0.188. The maximum atomic E-state index is 13.1. The van der Waals surface area contributed by atoms with Crippen LogP contribution < -0.4 is 5.32 Å². The number of nitrogens with one attached hydrogen (secondary N) is 1. The van der Waals surface area contributed by atoms with E-state index in [4.69, 9.17) is 0 Å². The fourth-order valence-corrected chi connectivity index (χ4v) is 2.06. The van der Waals surface area contributed by atoms with Crippen LogP contribution in [0.3, 0.4) is 0 Å². The number of anilines is 1. The molecular formula is C16H14F2N2O3. The van der Waals surface area contributed by atoms with E-state index in [-0.39, 0.29) is 24.4 Å². The number of hydrogen-bond acceptors (Lipinski definition) is 3. The Balaban J connectivity index is 1.98. The molecule has 0 aliphatic rings. The predicted octanol–water partition coefficient (Wildman–Crippen LogP) is 3.75. The largest absolute Gasteiger partial charge is 0.326 e. The number of carbonyl (C=O) groups excluding carboxylic acids is 1. The third-order valence-corrected chi connectivity index (χ3v) is 3.31. The summed E-state index contributed by atoms with van der Waals surface area (Å²) in [6, 6.07) is 7.85. The van der Waals surface area contributed by atoms with Crippen LogP contribution in [-0.2, 0) is 11.2 Å². The Morgan fingerprint density at radius 1 is 1.17 bits per heavy atom. The van der Waals surface area contributed by atoms with Gasteiger partial charge in [0, 0.05) is 23.7 Å². The molecule has 0 spiro atoms. The van der Waals surface area contributed by atoms with E-state index in [1.54, 1.807) is 19.1 Å². The Labute approximate surface area is 131 Å². The zero-order valence-corrected chi connectivity index (χ0v) is 12.3. The molecule has 0 bridgehead atoms. The molecular weight excluding hydrogens is 306 g/mol. The molecule has 2 aromatic carbocycles. The van der Waals surface area contributed by atoms with Crippen LogP contribution in [0.1, 0.15) is 17.5 Å². The average molecular weight is 320 g/mol. The Kier molecular flexibility index (Phi) is 5.00. The number of nitrogens with zero attached hydrogens (tertiary/aromatic N) is 1. The molecule has 1 amide bonds. The van der Waals surface area contributed by atoms with Crippen LogP contribution in [0.15, 0.2) is 36.4 Å². The summed E-state index contributed by atoms with van der Waals surface area (Å²) in [4.78, 5) is 22.2. The number of rotatable bonds is 5. The van der Waals surface area contributed by atoms with Gasteiger partial charge in [0.05, 0.1) is 4.92 Å². The SMILES string of the molecule is Cc1ccc(NC(=O)CCc2ccc(F)c(F)c2)cc1[N+](=O)[O-]. The van der Waals surface area contributed by atoms with Gasteiger partial charge in [-0.1, -0.05) is 12.1 Å². The van der Waals surface area contributed by atoms with Crippen molar-refractivity contribution in [3.05, 3.63) is 69.3 Å². The number of nitro benzene ring substituents is 1. The van der Waals surface area contributed by atoms with Gasteiger partial charge in [-0.05, 0) is 37.1 Å². The van der Waals surface area contributed by atoms with Crippen LogP contribution in [0.5, 0.6) is 0 Å². The number of halogens is 2. The first-order valence-corrected chi connectivity index (χ1v) is 6.85. The molecule has 0 unspecified atom stereocenters. The molecule has 0 atom stereocenters. The molecule has 2 rings (SSSR count). The van der Waals surface area contributed by atoms with Gasteiger partial charge in [0.25, 0.3) is 5.69 Å². The predicted molar refractivity (Wildman–Crippen MR) is 81.1 cm³/mol. The highest BCUT2D eigenvalue weighted by Crippen LogP contribution is 2.22. The van der Waals surface area contributed by atoms with Crippen LogP contribution in [-0.4, -0.2) is 10.8 Å². The lowest BCUT2D eigenvalue weighted by atomic mass is 10.1. The van der Waals surface area contributed by atoms with Crippen LogP contribution in [0, 0.1) is 28.7 Å². The summed E-state index contributed by atoms with van der Waals surface area (Å²) in [6.07, 6.45) is 0.281. The van der Waals surface area contributed by atoms with E-state index in [1.165, 1.54) is 12.1 Å². The second-order valence-electron chi connectivity index (χ2n) is 5.06. The normalized spacial score (nSPS) is 10.4. The summed E-state index contributed by atoms with van der Waals surface area (Å²) >= 11 is 0. The molecule has 0 aliphatic heterocycles. The second kappa shape index (κ2) is 6.95. The number of nitro groups is 1. The first-order chi connectivity index (χ1) is 10.9. The summed E-state index contributed by atoms with van der Waals surface area (Å²) in [7, 11) is 0. The van der Waals surface area contributed by atoms with E-state index >= 15 is 0 Å². The van der Waals surface area contributed by atoms with Gasteiger partial charge >= 0.3 is 0 Å². The van der Waals surface area contributed by atoms with Crippen molar-refractivity contribution < 1.29 is 18.5 Å². The van der Waals surface area contributed by atoms with Gasteiger partial charge in [-0.3, -0.25) is 14.9 Å². The Bertz CT molecular complexity index is 763. The highest BCUT2D eigenvalue weighted by molar-refractivity contribution is 5.91.